The van der Waals surface area contributed by atoms with Crippen molar-refractivity contribution in [2.45, 2.75) is 6.54 Å². The zero-order chi connectivity index (χ0) is 17.3. The van der Waals surface area contributed by atoms with Gasteiger partial charge in [0.2, 0.25) is 0 Å². The molecule has 3 heteroatoms. The van der Waals surface area contributed by atoms with E-state index in [1.54, 1.807) is 0 Å². The molecule has 0 bridgehead atoms. The predicted octanol–water partition coefficient (Wildman–Crippen LogP) is 5.45. The van der Waals surface area contributed by atoms with Crippen LogP contribution in [0.4, 0.5) is 0 Å². The van der Waals surface area contributed by atoms with Gasteiger partial charge in [0.15, 0.2) is 0 Å². The van der Waals surface area contributed by atoms with E-state index < -0.39 is 0 Å². The summed E-state index contributed by atoms with van der Waals surface area (Å²) in [6.45, 7) is 0.696. The van der Waals surface area contributed by atoms with E-state index in [4.69, 9.17) is 0 Å². The average Bonchev–Trinajstić information content (AvgIpc) is 3.11. The van der Waals surface area contributed by atoms with Gasteiger partial charge >= 0.3 is 0 Å². The number of para-hydroxylation sites is 1. The van der Waals surface area contributed by atoms with Gasteiger partial charge in [0.05, 0.1) is 12.1 Å². The molecule has 4 aromatic carbocycles. The molecule has 0 saturated carbocycles. The highest BCUT2D eigenvalue weighted by molar-refractivity contribution is 6.10. The quantitative estimate of drug-likeness (QED) is 0.410. The van der Waals surface area contributed by atoms with Crippen LogP contribution in [0.5, 0.6) is 0 Å². The Labute approximate surface area is 151 Å². The molecule has 0 N–H and O–H groups in total. The Balaban J connectivity index is 1.57. The maximum Gasteiger partial charge on any atom is 0.113 e. The molecular formula is C23H17N3. The summed E-state index contributed by atoms with van der Waals surface area (Å²) in [7, 11) is 0. The van der Waals surface area contributed by atoms with Gasteiger partial charge in [-0.05, 0) is 45.3 Å². The third kappa shape index (κ3) is 2.45. The molecule has 0 unspecified atom stereocenters. The number of allylic oxidation sites excluding steroid dienone is 1. The Morgan fingerprint density at radius 2 is 1.50 bits per heavy atom. The predicted molar refractivity (Wildman–Crippen MR) is 108 cm³/mol. The van der Waals surface area contributed by atoms with Gasteiger partial charge in [0, 0.05) is 0 Å². The summed E-state index contributed by atoms with van der Waals surface area (Å²) in [6, 6.07) is 27.4. The molecule has 3 nitrogen and oxygen atoms in total. The van der Waals surface area contributed by atoms with Crippen LogP contribution in [-0.2, 0) is 6.54 Å². The molecule has 0 spiro atoms. The van der Waals surface area contributed by atoms with E-state index in [0.29, 0.717) is 6.54 Å². The van der Waals surface area contributed by atoms with Crippen LogP contribution < -0.4 is 0 Å². The standard InChI is InChI=1S/C23H17N3/c1-2-10-19-17(8-1)16-18(20-11-3-4-12-21(19)20)9-7-15-26-23-14-6-5-13-22(23)24-25-26/h1-14,16H,15H2/b9-7+. The largest absolute Gasteiger partial charge is 0.241 e. The number of rotatable bonds is 3. The lowest BCUT2D eigenvalue weighted by atomic mass is 9.97. The van der Waals surface area contributed by atoms with Crippen LogP contribution in [0.2, 0.25) is 0 Å². The molecule has 0 aliphatic carbocycles. The fourth-order valence-electron chi connectivity index (χ4n) is 3.55. The molecule has 0 atom stereocenters. The smallest absolute Gasteiger partial charge is 0.113 e. The minimum Gasteiger partial charge on any atom is -0.241 e. The number of aromatic nitrogens is 3. The van der Waals surface area contributed by atoms with Crippen LogP contribution in [0.3, 0.4) is 0 Å². The SMILES string of the molecule is C(=C\c1cc2ccccc2c2ccccc12)/Cn1nnc2ccccc21. The maximum absolute atomic E-state index is 4.25. The Hall–Kier alpha value is -3.46. The average molecular weight is 335 g/mol. The van der Waals surface area contributed by atoms with Crippen LogP contribution >= 0.6 is 0 Å². The number of benzene rings is 4. The van der Waals surface area contributed by atoms with E-state index in [0.717, 1.165) is 11.0 Å². The zero-order valence-electron chi connectivity index (χ0n) is 14.2. The molecule has 0 amide bonds. The van der Waals surface area contributed by atoms with E-state index >= 15 is 0 Å². The second-order valence-electron chi connectivity index (χ2n) is 6.40. The molecule has 5 aromatic rings. The third-order valence-corrected chi connectivity index (χ3v) is 4.80. The summed E-state index contributed by atoms with van der Waals surface area (Å²) < 4.78 is 1.93. The highest BCUT2D eigenvalue weighted by Gasteiger charge is 2.04. The molecule has 124 valence electrons. The van der Waals surface area contributed by atoms with E-state index in [1.165, 1.54) is 27.1 Å². The van der Waals surface area contributed by atoms with E-state index in [9.17, 15) is 0 Å². The maximum atomic E-state index is 4.25. The van der Waals surface area contributed by atoms with Gasteiger partial charge in [-0.1, -0.05) is 78.0 Å². The van der Waals surface area contributed by atoms with Crippen LogP contribution in [0.15, 0.2) is 84.9 Å². The van der Waals surface area contributed by atoms with Crippen molar-refractivity contribution in [2.24, 2.45) is 0 Å². The molecule has 0 fully saturated rings. The Morgan fingerprint density at radius 1 is 0.769 bits per heavy atom. The first kappa shape index (κ1) is 14.8. The van der Waals surface area contributed by atoms with Crippen molar-refractivity contribution in [3.8, 4) is 0 Å². The second kappa shape index (κ2) is 6.12. The number of hydrogen-bond acceptors (Lipinski definition) is 2. The van der Waals surface area contributed by atoms with Crippen molar-refractivity contribution < 1.29 is 0 Å². The zero-order valence-corrected chi connectivity index (χ0v) is 14.2. The van der Waals surface area contributed by atoms with Gasteiger partial charge in [-0.25, -0.2) is 4.68 Å². The van der Waals surface area contributed by atoms with E-state index in [1.807, 2.05) is 22.9 Å². The molecular weight excluding hydrogens is 318 g/mol. The fraction of sp³-hybridized carbons (Fsp3) is 0.0435. The van der Waals surface area contributed by atoms with Gasteiger partial charge in [0.25, 0.3) is 0 Å². The van der Waals surface area contributed by atoms with Gasteiger partial charge in [-0.3, -0.25) is 0 Å². The van der Waals surface area contributed by atoms with Crippen LogP contribution in [0, 0.1) is 0 Å². The lowest BCUT2D eigenvalue weighted by Crippen LogP contribution is -1.97. The topological polar surface area (TPSA) is 30.7 Å². The summed E-state index contributed by atoms with van der Waals surface area (Å²) in [4.78, 5) is 0. The summed E-state index contributed by atoms with van der Waals surface area (Å²) >= 11 is 0. The Kier molecular flexibility index (Phi) is 3.49. The van der Waals surface area contributed by atoms with E-state index in [-0.39, 0.29) is 0 Å². The first-order chi connectivity index (χ1) is 12.9. The first-order valence-corrected chi connectivity index (χ1v) is 8.75. The minimum absolute atomic E-state index is 0.696. The van der Waals surface area contributed by atoms with Crippen molar-refractivity contribution in [3.05, 3.63) is 90.5 Å². The van der Waals surface area contributed by atoms with Crippen molar-refractivity contribution in [1.29, 1.82) is 0 Å². The fourth-order valence-corrected chi connectivity index (χ4v) is 3.55. The summed E-state index contributed by atoms with van der Waals surface area (Å²) in [6.07, 6.45) is 4.34. The van der Waals surface area contributed by atoms with Crippen molar-refractivity contribution in [3.63, 3.8) is 0 Å². The lowest BCUT2D eigenvalue weighted by molar-refractivity contribution is 0.684. The Morgan fingerprint density at radius 3 is 2.42 bits per heavy atom. The van der Waals surface area contributed by atoms with Crippen molar-refractivity contribution >= 4 is 38.7 Å². The molecule has 1 heterocycles. The molecule has 5 rings (SSSR count). The third-order valence-electron chi connectivity index (χ3n) is 4.80. The molecule has 0 radical (unpaired) electrons. The van der Waals surface area contributed by atoms with Crippen LogP contribution in [-0.4, -0.2) is 15.0 Å². The van der Waals surface area contributed by atoms with Crippen LogP contribution in [0.1, 0.15) is 5.56 Å². The van der Waals surface area contributed by atoms with Gasteiger partial charge in [0.1, 0.15) is 5.52 Å². The number of nitrogens with zero attached hydrogens (tertiary/aromatic N) is 3. The Bertz CT molecular complexity index is 1260. The molecule has 1 aromatic heterocycles. The van der Waals surface area contributed by atoms with Gasteiger partial charge in [-0.15, -0.1) is 5.10 Å². The number of hydrogen-bond donors (Lipinski definition) is 0. The van der Waals surface area contributed by atoms with Crippen molar-refractivity contribution in [2.75, 3.05) is 0 Å². The molecule has 0 saturated heterocycles. The van der Waals surface area contributed by atoms with Crippen molar-refractivity contribution in [1.82, 2.24) is 15.0 Å². The van der Waals surface area contributed by atoms with Crippen LogP contribution in [0.25, 0.3) is 38.7 Å². The minimum atomic E-state index is 0.696. The lowest BCUT2D eigenvalue weighted by Gasteiger charge is -2.07. The summed E-state index contributed by atoms with van der Waals surface area (Å²) in [5, 5.41) is 13.6. The molecule has 0 aliphatic rings. The van der Waals surface area contributed by atoms with Gasteiger partial charge < -0.3 is 0 Å². The number of fused-ring (bicyclic) bond motifs is 4. The normalized spacial score (nSPS) is 11.8. The highest BCUT2D eigenvalue weighted by atomic mass is 15.4. The highest BCUT2D eigenvalue weighted by Crippen LogP contribution is 2.29. The summed E-state index contributed by atoms with van der Waals surface area (Å²) in [5.74, 6) is 0. The second-order valence-corrected chi connectivity index (χ2v) is 6.40. The summed E-state index contributed by atoms with van der Waals surface area (Å²) in [5.41, 5.74) is 3.21. The van der Waals surface area contributed by atoms with Gasteiger partial charge in [-0.2, -0.15) is 0 Å². The molecule has 26 heavy (non-hydrogen) atoms. The molecule has 0 aliphatic heterocycles. The monoisotopic (exact) mass is 335 g/mol. The first-order valence-electron chi connectivity index (χ1n) is 8.75. The van der Waals surface area contributed by atoms with E-state index in [2.05, 4.69) is 83.1 Å².